The van der Waals surface area contributed by atoms with Crippen LogP contribution in [0.2, 0.25) is 0 Å². The molecule has 0 radical (unpaired) electrons. The van der Waals surface area contributed by atoms with Gasteiger partial charge in [0, 0.05) is 23.8 Å². The summed E-state index contributed by atoms with van der Waals surface area (Å²) in [5.41, 5.74) is 7.83. The first kappa shape index (κ1) is 14.7. The van der Waals surface area contributed by atoms with Crippen molar-refractivity contribution in [1.82, 2.24) is 4.98 Å². The van der Waals surface area contributed by atoms with Crippen molar-refractivity contribution >= 4 is 23.2 Å². The number of nitrogens with two attached hydrogens (primary N) is 1. The van der Waals surface area contributed by atoms with Crippen LogP contribution in [0.25, 0.3) is 0 Å². The van der Waals surface area contributed by atoms with Gasteiger partial charge in [0.25, 0.3) is 5.91 Å². The second-order valence-electron chi connectivity index (χ2n) is 4.48. The topological polar surface area (TPSA) is 97.1 Å². The van der Waals surface area contributed by atoms with E-state index in [1.54, 1.807) is 30.5 Å². The van der Waals surface area contributed by atoms with Crippen molar-refractivity contribution in [1.29, 1.82) is 0 Å². The fourth-order valence-corrected chi connectivity index (χ4v) is 1.74. The van der Waals surface area contributed by atoms with Gasteiger partial charge in [0.2, 0.25) is 5.91 Å². The first-order valence-corrected chi connectivity index (χ1v) is 6.42. The highest BCUT2D eigenvalue weighted by atomic mass is 16.2. The Morgan fingerprint density at radius 3 is 2.71 bits per heavy atom. The summed E-state index contributed by atoms with van der Waals surface area (Å²) in [4.78, 5) is 27.3. The van der Waals surface area contributed by atoms with Crippen LogP contribution in [0, 0.1) is 6.92 Å². The number of aromatic nitrogens is 1. The summed E-state index contributed by atoms with van der Waals surface area (Å²) in [5.74, 6) is -0.545. The highest BCUT2D eigenvalue weighted by Crippen LogP contribution is 2.20. The van der Waals surface area contributed by atoms with Gasteiger partial charge < -0.3 is 16.4 Å². The minimum atomic E-state index is -0.283. The van der Waals surface area contributed by atoms with Gasteiger partial charge in [0.05, 0.1) is 12.1 Å². The van der Waals surface area contributed by atoms with Crippen LogP contribution in [0.15, 0.2) is 42.7 Å². The minimum Gasteiger partial charge on any atom is -0.325 e. The van der Waals surface area contributed by atoms with Crippen LogP contribution in [0.5, 0.6) is 0 Å². The SMILES string of the molecule is Cc1ccc(NC(=O)c2cccnc2)cc1NC(=O)CN. The Labute approximate surface area is 122 Å². The quantitative estimate of drug-likeness (QED) is 0.793. The van der Waals surface area contributed by atoms with Gasteiger partial charge in [-0.15, -0.1) is 0 Å². The smallest absolute Gasteiger partial charge is 0.257 e. The van der Waals surface area contributed by atoms with Gasteiger partial charge in [0.1, 0.15) is 0 Å². The molecule has 6 heteroatoms. The molecule has 0 unspecified atom stereocenters. The zero-order valence-electron chi connectivity index (χ0n) is 11.6. The molecule has 1 aromatic carbocycles. The number of aryl methyl sites for hydroxylation is 1. The zero-order chi connectivity index (χ0) is 15.2. The van der Waals surface area contributed by atoms with Crippen LogP contribution in [-0.2, 0) is 4.79 Å². The number of benzene rings is 1. The molecular formula is C15H16N4O2. The molecule has 0 fully saturated rings. The van der Waals surface area contributed by atoms with Gasteiger partial charge >= 0.3 is 0 Å². The third-order valence-electron chi connectivity index (χ3n) is 2.88. The second-order valence-corrected chi connectivity index (χ2v) is 4.48. The number of nitrogens with one attached hydrogen (secondary N) is 2. The fourth-order valence-electron chi connectivity index (χ4n) is 1.74. The van der Waals surface area contributed by atoms with E-state index < -0.39 is 0 Å². The van der Waals surface area contributed by atoms with Crippen LogP contribution in [0.3, 0.4) is 0 Å². The molecular weight excluding hydrogens is 268 g/mol. The Morgan fingerprint density at radius 2 is 2.05 bits per heavy atom. The van der Waals surface area contributed by atoms with E-state index in [-0.39, 0.29) is 18.4 Å². The predicted molar refractivity (Wildman–Crippen MR) is 81.1 cm³/mol. The van der Waals surface area contributed by atoms with Crippen LogP contribution in [0.1, 0.15) is 15.9 Å². The van der Waals surface area contributed by atoms with Gasteiger partial charge in [-0.1, -0.05) is 6.07 Å². The number of pyridine rings is 1. The number of anilines is 2. The van der Waals surface area contributed by atoms with E-state index in [1.165, 1.54) is 6.20 Å². The molecule has 0 atom stereocenters. The summed E-state index contributed by atoms with van der Waals surface area (Å²) < 4.78 is 0. The molecule has 4 N–H and O–H groups in total. The third-order valence-corrected chi connectivity index (χ3v) is 2.88. The Balaban J connectivity index is 2.16. The van der Waals surface area contributed by atoms with Gasteiger partial charge in [-0.05, 0) is 36.8 Å². The molecule has 2 aromatic rings. The summed E-state index contributed by atoms with van der Waals surface area (Å²) in [6.45, 7) is 1.77. The van der Waals surface area contributed by atoms with E-state index in [9.17, 15) is 9.59 Å². The van der Waals surface area contributed by atoms with E-state index in [2.05, 4.69) is 15.6 Å². The van der Waals surface area contributed by atoms with Crippen molar-refractivity contribution in [2.75, 3.05) is 17.2 Å². The highest BCUT2D eigenvalue weighted by molar-refractivity contribution is 6.04. The average molecular weight is 284 g/mol. The molecule has 0 saturated carbocycles. The van der Waals surface area contributed by atoms with E-state index in [1.807, 2.05) is 13.0 Å². The van der Waals surface area contributed by atoms with Crippen LogP contribution >= 0.6 is 0 Å². The van der Waals surface area contributed by atoms with E-state index in [4.69, 9.17) is 5.73 Å². The number of nitrogens with zero attached hydrogens (tertiary/aromatic N) is 1. The van der Waals surface area contributed by atoms with E-state index >= 15 is 0 Å². The van der Waals surface area contributed by atoms with E-state index in [0.29, 0.717) is 16.9 Å². The number of hydrogen-bond donors (Lipinski definition) is 3. The molecule has 0 bridgehead atoms. The number of rotatable bonds is 4. The Kier molecular flexibility index (Phi) is 4.63. The summed E-state index contributed by atoms with van der Waals surface area (Å²) in [5, 5.41) is 5.44. The van der Waals surface area contributed by atoms with E-state index in [0.717, 1.165) is 5.56 Å². The van der Waals surface area contributed by atoms with Crippen LogP contribution in [-0.4, -0.2) is 23.3 Å². The molecule has 0 aliphatic carbocycles. The lowest BCUT2D eigenvalue weighted by Crippen LogP contribution is -2.22. The highest BCUT2D eigenvalue weighted by Gasteiger charge is 2.08. The Hall–Kier alpha value is -2.73. The fraction of sp³-hybridized carbons (Fsp3) is 0.133. The van der Waals surface area contributed by atoms with Crippen molar-refractivity contribution in [3.8, 4) is 0 Å². The monoisotopic (exact) mass is 284 g/mol. The van der Waals surface area contributed by atoms with Crippen molar-refractivity contribution in [3.63, 3.8) is 0 Å². The third kappa shape index (κ3) is 3.87. The van der Waals surface area contributed by atoms with Crippen molar-refractivity contribution in [3.05, 3.63) is 53.9 Å². The zero-order valence-corrected chi connectivity index (χ0v) is 11.6. The summed E-state index contributed by atoms with van der Waals surface area (Å²) >= 11 is 0. The summed E-state index contributed by atoms with van der Waals surface area (Å²) in [7, 11) is 0. The van der Waals surface area contributed by atoms with Gasteiger partial charge in [-0.25, -0.2) is 0 Å². The molecule has 0 aliphatic rings. The predicted octanol–water partition coefficient (Wildman–Crippen LogP) is 1.54. The lowest BCUT2D eigenvalue weighted by molar-refractivity contribution is -0.114. The molecule has 1 aromatic heterocycles. The molecule has 0 saturated heterocycles. The second kappa shape index (κ2) is 6.62. The molecule has 0 spiro atoms. The maximum atomic E-state index is 12.0. The summed E-state index contributed by atoms with van der Waals surface area (Å²) in [6, 6.07) is 8.63. The molecule has 6 nitrogen and oxygen atoms in total. The van der Waals surface area contributed by atoms with Crippen LogP contribution < -0.4 is 16.4 Å². The molecule has 108 valence electrons. The Morgan fingerprint density at radius 1 is 1.24 bits per heavy atom. The van der Waals surface area contributed by atoms with Crippen molar-refractivity contribution < 1.29 is 9.59 Å². The maximum Gasteiger partial charge on any atom is 0.257 e. The molecule has 0 aliphatic heterocycles. The van der Waals surface area contributed by atoms with Crippen molar-refractivity contribution in [2.45, 2.75) is 6.92 Å². The standard InChI is InChI=1S/C15H16N4O2/c1-10-4-5-12(7-13(10)19-14(20)8-16)18-15(21)11-3-2-6-17-9-11/h2-7,9H,8,16H2,1H3,(H,18,21)(H,19,20). The number of amides is 2. The van der Waals surface area contributed by atoms with Gasteiger partial charge in [-0.2, -0.15) is 0 Å². The Bertz CT molecular complexity index is 656. The van der Waals surface area contributed by atoms with Gasteiger partial charge in [0.15, 0.2) is 0 Å². The molecule has 21 heavy (non-hydrogen) atoms. The first-order valence-electron chi connectivity index (χ1n) is 6.42. The minimum absolute atomic E-state index is 0.0916. The summed E-state index contributed by atoms with van der Waals surface area (Å²) in [6.07, 6.45) is 3.09. The molecule has 2 rings (SSSR count). The molecule has 1 heterocycles. The first-order chi connectivity index (χ1) is 10.1. The van der Waals surface area contributed by atoms with Crippen molar-refractivity contribution in [2.24, 2.45) is 5.73 Å². The van der Waals surface area contributed by atoms with Gasteiger partial charge in [-0.3, -0.25) is 14.6 Å². The maximum absolute atomic E-state index is 12.0. The number of carbonyl (C=O) groups is 2. The lowest BCUT2D eigenvalue weighted by Gasteiger charge is -2.11. The van der Waals surface area contributed by atoms with Crippen LogP contribution in [0.4, 0.5) is 11.4 Å². The molecule has 2 amide bonds. The number of carbonyl (C=O) groups excluding carboxylic acids is 2. The average Bonchev–Trinajstić information content (AvgIpc) is 2.51. The largest absolute Gasteiger partial charge is 0.325 e. The normalized spacial score (nSPS) is 10.0. The lowest BCUT2D eigenvalue weighted by atomic mass is 10.1. The number of hydrogen-bond acceptors (Lipinski definition) is 4.